The minimum Gasteiger partial charge on any atom is -0.367 e. The van der Waals surface area contributed by atoms with Crippen LogP contribution in [0.5, 0.6) is 0 Å². The molecule has 0 fully saturated rings. The Balaban J connectivity index is 2.55. The molecule has 0 aliphatic rings. The van der Waals surface area contributed by atoms with Crippen LogP contribution in [-0.4, -0.2) is 19.6 Å². The van der Waals surface area contributed by atoms with Crippen LogP contribution in [-0.2, 0) is 16.1 Å². The van der Waals surface area contributed by atoms with Crippen LogP contribution in [0.2, 0.25) is 0 Å². The summed E-state index contributed by atoms with van der Waals surface area (Å²) in [6.45, 7) is 6.73. The number of carbonyl (C=O) groups excluding carboxylic acids is 1. The van der Waals surface area contributed by atoms with E-state index in [9.17, 15) is 4.79 Å². The van der Waals surface area contributed by atoms with Crippen molar-refractivity contribution in [3.05, 3.63) is 34.4 Å². The van der Waals surface area contributed by atoms with Gasteiger partial charge < -0.3 is 4.74 Å². The average Bonchev–Trinajstić information content (AvgIpc) is 2.22. The Morgan fingerprint density at radius 3 is 2.35 bits per heavy atom. The molecule has 2 N–H and O–H groups in total. The monoisotopic (exact) mass is 236 g/mol. The predicted molar refractivity (Wildman–Crippen MR) is 67.5 cm³/mol. The third kappa shape index (κ3) is 4.17. The lowest BCUT2D eigenvalue weighted by Gasteiger charge is -2.11. The van der Waals surface area contributed by atoms with E-state index in [4.69, 9.17) is 4.74 Å². The molecule has 1 rings (SSSR count). The summed E-state index contributed by atoms with van der Waals surface area (Å²) in [6.07, 6.45) is 0. The predicted octanol–water partition coefficient (Wildman–Crippen LogP) is 1.38. The normalized spacial score (nSPS) is 10.4. The number of ether oxygens (including phenoxy) is 1. The third-order valence-electron chi connectivity index (χ3n) is 2.58. The van der Waals surface area contributed by atoms with Crippen LogP contribution in [0.25, 0.3) is 0 Å². The van der Waals surface area contributed by atoms with Crippen molar-refractivity contribution in [2.45, 2.75) is 27.4 Å². The minimum atomic E-state index is -0.171. The molecule has 0 bridgehead atoms. The van der Waals surface area contributed by atoms with E-state index >= 15 is 0 Å². The molecule has 4 heteroatoms. The Kier molecular flexibility index (Phi) is 5.12. The summed E-state index contributed by atoms with van der Waals surface area (Å²) in [7, 11) is 1.65. The van der Waals surface area contributed by atoms with Crippen LogP contribution in [0.4, 0.5) is 0 Å². The highest BCUT2D eigenvalue weighted by molar-refractivity contribution is 5.76. The lowest BCUT2D eigenvalue weighted by Crippen LogP contribution is -2.36. The van der Waals surface area contributed by atoms with Gasteiger partial charge in [0.15, 0.2) is 0 Å². The molecule has 0 unspecified atom stereocenters. The molecule has 0 aliphatic carbocycles. The lowest BCUT2D eigenvalue weighted by atomic mass is 10.0. The Morgan fingerprint density at radius 1 is 1.24 bits per heavy atom. The van der Waals surface area contributed by atoms with Gasteiger partial charge in [-0.3, -0.25) is 10.2 Å². The molecular formula is C13H20N2O2. The van der Waals surface area contributed by atoms with Crippen molar-refractivity contribution in [3.63, 3.8) is 0 Å². The van der Waals surface area contributed by atoms with E-state index in [1.165, 1.54) is 16.7 Å². The standard InChI is InChI=1S/C13H20N2O2/c1-9-5-10(2)12(11(3)6-9)7-17-8-13(16)15-14-4/h5-6,14H,7-8H2,1-4H3,(H,15,16). The fourth-order valence-corrected chi connectivity index (χ4v) is 1.86. The van der Waals surface area contributed by atoms with E-state index in [-0.39, 0.29) is 12.5 Å². The number of carbonyl (C=O) groups is 1. The summed E-state index contributed by atoms with van der Waals surface area (Å²) in [4.78, 5) is 11.2. The van der Waals surface area contributed by atoms with Crippen LogP contribution in [0, 0.1) is 20.8 Å². The van der Waals surface area contributed by atoms with Crippen molar-refractivity contribution in [2.24, 2.45) is 0 Å². The molecule has 1 amide bonds. The molecule has 94 valence electrons. The van der Waals surface area contributed by atoms with Gasteiger partial charge in [-0.1, -0.05) is 17.7 Å². The summed E-state index contributed by atoms with van der Waals surface area (Å²) in [5, 5.41) is 0. The van der Waals surface area contributed by atoms with Crippen molar-refractivity contribution in [2.75, 3.05) is 13.7 Å². The van der Waals surface area contributed by atoms with Gasteiger partial charge in [0.25, 0.3) is 5.91 Å². The quantitative estimate of drug-likeness (QED) is 0.759. The van der Waals surface area contributed by atoms with E-state index in [0.717, 1.165) is 5.56 Å². The molecule has 0 atom stereocenters. The van der Waals surface area contributed by atoms with Gasteiger partial charge in [-0.05, 0) is 37.5 Å². The first-order chi connectivity index (χ1) is 8.04. The second kappa shape index (κ2) is 6.37. The van der Waals surface area contributed by atoms with Crippen LogP contribution in [0.15, 0.2) is 12.1 Å². The van der Waals surface area contributed by atoms with Crippen LogP contribution < -0.4 is 10.9 Å². The van der Waals surface area contributed by atoms with Crippen molar-refractivity contribution >= 4 is 5.91 Å². The summed E-state index contributed by atoms with van der Waals surface area (Å²) in [5.74, 6) is -0.171. The second-order valence-corrected chi connectivity index (χ2v) is 4.17. The topological polar surface area (TPSA) is 50.4 Å². The molecule has 0 saturated heterocycles. The zero-order valence-corrected chi connectivity index (χ0v) is 10.9. The van der Waals surface area contributed by atoms with Crippen molar-refractivity contribution in [1.82, 2.24) is 10.9 Å². The second-order valence-electron chi connectivity index (χ2n) is 4.17. The van der Waals surface area contributed by atoms with Gasteiger partial charge in [0, 0.05) is 7.05 Å². The Bertz CT molecular complexity index is 379. The third-order valence-corrected chi connectivity index (χ3v) is 2.58. The van der Waals surface area contributed by atoms with Gasteiger partial charge in [-0.2, -0.15) is 0 Å². The Labute approximate surface area is 102 Å². The molecule has 17 heavy (non-hydrogen) atoms. The number of hydrogen-bond donors (Lipinski definition) is 2. The number of aryl methyl sites for hydroxylation is 3. The molecular weight excluding hydrogens is 216 g/mol. The summed E-state index contributed by atoms with van der Waals surface area (Å²) < 4.78 is 5.38. The largest absolute Gasteiger partial charge is 0.367 e. The van der Waals surface area contributed by atoms with Crippen molar-refractivity contribution in [1.29, 1.82) is 0 Å². The maximum Gasteiger partial charge on any atom is 0.260 e. The van der Waals surface area contributed by atoms with E-state index in [1.54, 1.807) is 7.05 Å². The molecule has 0 radical (unpaired) electrons. The van der Waals surface area contributed by atoms with E-state index in [1.807, 2.05) is 0 Å². The molecule has 0 saturated carbocycles. The number of nitrogens with one attached hydrogen (secondary N) is 2. The Morgan fingerprint density at radius 2 is 1.82 bits per heavy atom. The van der Waals surface area contributed by atoms with Crippen molar-refractivity contribution in [3.8, 4) is 0 Å². The van der Waals surface area contributed by atoms with E-state index in [2.05, 4.69) is 43.8 Å². The smallest absolute Gasteiger partial charge is 0.260 e. The molecule has 4 nitrogen and oxygen atoms in total. The van der Waals surface area contributed by atoms with Gasteiger partial charge in [0.2, 0.25) is 0 Å². The van der Waals surface area contributed by atoms with Gasteiger partial charge >= 0.3 is 0 Å². The number of hydrazine groups is 1. The van der Waals surface area contributed by atoms with E-state index < -0.39 is 0 Å². The zero-order chi connectivity index (χ0) is 12.8. The molecule has 0 aromatic heterocycles. The Hall–Kier alpha value is -1.39. The SMILES string of the molecule is CNNC(=O)COCc1c(C)cc(C)cc1C. The fourth-order valence-electron chi connectivity index (χ4n) is 1.86. The minimum absolute atomic E-state index is 0.0631. The van der Waals surface area contributed by atoms with Gasteiger partial charge in [-0.25, -0.2) is 5.43 Å². The first-order valence-electron chi connectivity index (χ1n) is 5.64. The number of hydrogen-bond acceptors (Lipinski definition) is 3. The van der Waals surface area contributed by atoms with Crippen LogP contribution in [0.1, 0.15) is 22.3 Å². The number of benzene rings is 1. The maximum atomic E-state index is 11.2. The highest BCUT2D eigenvalue weighted by Gasteiger charge is 2.05. The molecule has 0 aliphatic heterocycles. The number of rotatable bonds is 5. The highest BCUT2D eigenvalue weighted by atomic mass is 16.5. The van der Waals surface area contributed by atoms with Crippen LogP contribution in [0.3, 0.4) is 0 Å². The van der Waals surface area contributed by atoms with Crippen molar-refractivity contribution < 1.29 is 9.53 Å². The summed E-state index contributed by atoms with van der Waals surface area (Å²) in [6, 6.07) is 4.25. The van der Waals surface area contributed by atoms with E-state index in [0.29, 0.717) is 6.61 Å². The molecule has 0 spiro atoms. The first kappa shape index (κ1) is 13.7. The average molecular weight is 236 g/mol. The fraction of sp³-hybridized carbons (Fsp3) is 0.462. The molecule has 1 aromatic rings. The molecule has 1 aromatic carbocycles. The lowest BCUT2D eigenvalue weighted by molar-refractivity contribution is -0.126. The first-order valence-corrected chi connectivity index (χ1v) is 5.64. The summed E-state index contributed by atoms with van der Waals surface area (Å²) >= 11 is 0. The highest BCUT2D eigenvalue weighted by Crippen LogP contribution is 2.17. The summed E-state index contributed by atoms with van der Waals surface area (Å²) in [5.41, 5.74) is 9.84. The maximum absolute atomic E-state index is 11.2. The van der Waals surface area contributed by atoms with Crippen LogP contribution >= 0.6 is 0 Å². The van der Waals surface area contributed by atoms with Gasteiger partial charge in [-0.15, -0.1) is 0 Å². The molecule has 0 heterocycles. The number of amides is 1. The zero-order valence-electron chi connectivity index (χ0n) is 10.9. The van der Waals surface area contributed by atoms with Gasteiger partial charge in [0.05, 0.1) is 6.61 Å². The van der Waals surface area contributed by atoms with Gasteiger partial charge in [0.1, 0.15) is 6.61 Å².